The predicted molar refractivity (Wildman–Crippen MR) is 69.7 cm³/mol. The van der Waals surface area contributed by atoms with Crippen LogP contribution in [0.15, 0.2) is 24.4 Å². The molecule has 0 radical (unpaired) electrons. The van der Waals surface area contributed by atoms with Crippen LogP contribution in [0.25, 0.3) is 11.3 Å². The summed E-state index contributed by atoms with van der Waals surface area (Å²) in [6.45, 7) is 0. The minimum absolute atomic E-state index is 0.0701. The van der Waals surface area contributed by atoms with Gasteiger partial charge in [0.15, 0.2) is 23.1 Å². The molecule has 0 aliphatic heterocycles. The summed E-state index contributed by atoms with van der Waals surface area (Å²) < 4.78 is 23.6. The number of carbonyl (C=O) groups excluding carboxylic acids is 1. The molecule has 0 amide bonds. The van der Waals surface area contributed by atoms with Gasteiger partial charge in [-0.05, 0) is 12.1 Å². The van der Waals surface area contributed by atoms with Crippen LogP contribution in [-0.2, 0) is 4.74 Å². The first-order valence-electron chi connectivity index (χ1n) is 5.62. The lowest BCUT2D eigenvalue weighted by molar-refractivity contribution is 0.0595. The van der Waals surface area contributed by atoms with Crippen molar-refractivity contribution in [1.82, 2.24) is 9.97 Å². The van der Waals surface area contributed by atoms with Crippen molar-refractivity contribution in [3.8, 4) is 17.0 Å². The fourth-order valence-electron chi connectivity index (χ4n) is 1.64. The Hall–Kier alpha value is -2.70. The van der Waals surface area contributed by atoms with Gasteiger partial charge in [0, 0.05) is 5.56 Å². The topological polar surface area (TPSA) is 87.3 Å². The zero-order chi connectivity index (χ0) is 14.7. The molecule has 0 aliphatic carbocycles. The number of hydrogen-bond acceptors (Lipinski definition) is 6. The van der Waals surface area contributed by atoms with E-state index in [4.69, 9.17) is 10.5 Å². The van der Waals surface area contributed by atoms with Crippen LogP contribution in [0.3, 0.4) is 0 Å². The van der Waals surface area contributed by atoms with Crippen LogP contribution in [0.1, 0.15) is 10.5 Å². The van der Waals surface area contributed by atoms with E-state index in [1.165, 1.54) is 32.5 Å². The fraction of sp³-hybridized carbons (Fsp3) is 0.154. The molecule has 2 aromatic rings. The number of benzene rings is 1. The van der Waals surface area contributed by atoms with Gasteiger partial charge in [-0.15, -0.1) is 0 Å². The number of anilines is 1. The quantitative estimate of drug-likeness (QED) is 0.858. The summed E-state index contributed by atoms with van der Waals surface area (Å²) in [7, 11) is 2.55. The highest BCUT2D eigenvalue weighted by Crippen LogP contribution is 2.28. The molecule has 6 nitrogen and oxygen atoms in total. The highest BCUT2D eigenvalue weighted by Gasteiger charge is 2.17. The summed E-state index contributed by atoms with van der Waals surface area (Å²) in [6.07, 6.45) is 1.28. The van der Waals surface area contributed by atoms with Crippen LogP contribution < -0.4 is 10.5 Å². The zero-order valence-electron chi connectivity index (χ0n) is 10.9. The number of hydrogen-bond donors (Lipinski definition) is 1. The molecular weight excluding hydrogens is 265 g/mol. The largest absolute Gasteiger partial charge is 0.494 e. The van der Waals surface area contributed by atoms with E-state index in [-0.39, 0.29) is 28.5 Å². The third-order valence-corrected chi connectivity index (χ3v) is 2.64. The second kappa shape index (κ2) is 5.52. The summed E-state index contributed by atoms with van der Waals surface area (Å²) in [6, 6.07) is 4.58. The fourth-order valence-corrected chi connectivity index (χ4v) is 1.64. The maximum absolute atomic E-state index is 14.1. The molecule has 0 fully saturated rings. The number of methoxy groups -OCH3 is 2. The van der Waals surface area contributed by atoms with Crippen molar-refractivity contribution in [2.75, 3.05) is 20.0 Å². The molecule has 0 spiro atoms. The van der Waals surface area contributed by atoms with Gasteiger partial charge in [0.2, 0.25) is 0 Å². The normalized spacial score (nSPS) is 10.2. The molecule has 0 saturated carbocycles. The Kier molecular flexibility index (Phi) is 3.79. The summed E-state index contributed by atoms with van der Waals surface area (Å²) in [5.74, 6) is -1.34. The number of ether oxygens (including phenoxy) is 2. The number of halogens is 1. The van der Waals surface area contributed by atoms with E-state index in [2.05, 4.69) is 14.7 Å². The molecule has 104 valence electrons. The maximum Gasteiger partial charge on any atom is 0.360 e. The predicted octanol–water partition coefficient (Wildman–Crippen LogP) is 1.66. The van der Waals surface area contributed by atoms with E-state index in [1.807, 2.05) is 0 Å². The second-order valence-electron chi connectivity index (χ2n) is 3.80. The molecule has 1 aromatic carbocycles. The van der Waals surface area contributed by atoms with Gasteiger partial charge < -0.3 is 15.2 Å². The lowest BCUT2D eigenvalue weighted by atomic mass is 10.1. The van der Waals surface area contributed by atoms with Crippen LogP contribution in [-0.4, -0.2) is 30.2 Å². The van der Waals surface area contributed by atoms with Gasteiger partial charge in [0.05, 0.1) is 26.1 Å². The van der Waals surface area contributed by atoms with Crippen molar-refractivity contribution in [2.45, 2.75) is 0 Å². The van der Waals surface area contributed by atoms with E-state index in [9.17, 15) is 9.18 Å². The third kappa shape index (κ3) is 2.37. The minimum atomic E-state index is -0.736. The Morgan fingerprint density at radius 2 is 2.10 bits per heavy atom. The summed E-state index contributed by atoms with van der Waals surface area (Å²) in [4.78, 5) is 19.3. The molecule has 7 heteroatoms. The first-order valence-corrected chi connectivity index (χ1v) is 5.62. The summed E-state index contributed by atoms with van der Waals surface area (Å²) in [5, 5.41) is 0. The molecule has 0 saturated heterocycles. The number of rotatable bonds is 3. The van der Waals surface area contributed by atoms with Crippen molar-refractivity contribution in [3.63, 3.8) is 0 Å². The molecule has 0 aliphatic rings. The summed E-state index contributed by atoms with van der Waals surface area (Å²) in [5.41, 5.74) is 5.70. The lowest BCUT2D eigenvalue weighted by Crippen LogP contribution is -2.11. The summed E-state index contributed by atoms with van der Waals surface area (Å²) >= 11 is 0. The maximum atomic E-state index is 14.1. The first kappa shape index (κ1) is 13.7. The number of esters is 1. The minimum Gasteiger partial charge on any atom is -0.494 e. The van der Waals surface area contributed by atoms with Crippen LogP contribution in [0.2, 0.25) is 0 Å². The molecule has 20 heavy (non-hydrogen) atoms. The third-order valence-electron chi connectivity index (χ3n) is 2.64. The standard InChI is InChI=1S/C13H12FN3O3/c1-19-9-5-3-4-7(10(9)14)8-6-16-12(15)11(17-8)13(18)20-2/h3-6H,1-2H3,(H2,15,16). The smallest absolute Gasteiger partial charge is 0.360 e. The van der Waals surface area contributed by atoms with Crippen molar-refractivity contribution < 1.29 is 18.7 Å². The Morgan fingerprint density at radius 1 is 1.35 bits per heavy atom. The SMILES string of the molecule is COC(=O)c1nc(-c2cccc(OC)c2F)cnc1N. The molecule has 0 bridgehead atoms. The van der Waals surface area contributed by atoms with Gasteiger partial charge in [0.1, 0.15) is 0 Å². The molecule has 1 aromatic heterocycles. The van der Waals surface area contributed by atoms with Gasteiger partial charge in [0.25, 0.3) is 0 Å². The van der Waals surface area contributed by atoms with Crippen LogP contribution >= 0.6 is 0 Å². The molecule has 1 heterocycles. The van der Waals surface area contributed by atoms with E-state index < -0.39 is 11.8 Å². The van der Waals surface area contributed by atoms with E-state index >= 15 is 0 Å². The van der Waals surface area contributed by atoms with Gasteiger partial charge in [-0.1, -0.05) is 6.07 Å². The number of carbonyl (C=O) groups is 1. The van der Waals surface area contributed by atoms with Crippen molar-refractivity contribution in [1.29, 1.82) is 0 Å². The van der Waals surface area contributed by atoms with Crippen molar-refractivity contribution in [3.05, 3.63) is 35.9 Å². The van der Waals surface area contributed by atoms with Gasteiger partial charge >= 0.3 is 5.97 Å². The number of nitrogen functional groups attached to an aromatic ring is 1. The number of aromatic nitrogens is 2. The Bertz CT molecular complexity index is 661. The molecular formula is C13H12FN3O3. The molecule has 0 unspecified atom stereocenters. The van der Waals surface area contributed by atoms with E-state index in [0.717, 1.165) is 0 Å². The van der Waals surface area contributed by atoms with Crippen LogP contribution in [0.4, 0.5) is 10.2 Å². The average molecular weight is 277 g/mol. The van der Waals surface area contributed by atoms with Gasteiger partial charge in [-0.3, -0.25) is 0 Å². The average Bonchev–Trinajstić information content (AvgIpc) is 2.47. The van der Waals surface area contributed by atoms with Gasteiger partial charge in [-0.25, -0.2) is 19.2 Å². The number of nitrogens with zero attached hydrogens (tertiary/aromatic N) is 2. The Morgan fingerprint density at radius 3 is 2.75 bits per heavy atom. The van der Waals surface area contributed by atoms with E-state index in [0.29, 0.717) is 0 Å². The van der Waals surface area contributed by atoms with E-state index in [1.54, 1.807) is 6.07 Å². The highest BCUT2D eigenvalue weighted by atomic mass is 19.1. The second-order valence-corrected chi connectivity index (χ2v) is 3.80. The Labute approximate surface area is 114 Å². The van der Waals surface area contributed by atoms with Crippen molar-refractivity contribution >= 4 is 11.8 Å². The molecule has 0 atom stereocenters. The molecule has 2 rings (SSSR count). The van der Waals surface area contributed by atoms with Gasteiger partial charge in [-0.2, -0.15) is 0 Å². The highest BCUT2D eigenvalue weighted by molar-refractivity contribution is 5.92. The van der Waals surface area contributed by atoms with Crippen LogP contribution in [0, 0.1) is 5.82 Å². The molecule has 2 N–H and O–H groups in total. The Balaban J connectivity index is 2.57. The zero-order valence-corrected chi connectivity index (χ0v) is 10.9. The first-order chi connectivity index (χ1) is 9.58. The lowest BCUT2D eigenvalue weighted by Gasteiger charge is -2.08. The number of nitrogens with two attached hydrogens (primary N) is 1. The van der Waals surface area contributed by atoms with Crippen molar-refractivity contribution in [2.24, 2.45) is 0 Å². The van der Waals surface area contributed by atoms with Crippen LogP contribution in [0.5, 0.6) is 5.75 Å². The monoisotopic (exact) mass is 277 g/mol.